The monoisotopic (exact) mass is 309 g/mol. The summed E-state index contributed by atoms with van der Waals surface area (Å²) >= 11 is 0. The van der Waals surface area contributed by atoms with E-state index in [1.165, 1.54) is 11.1 Å². The van der Waals surface area contributed by atoms with Gasteiger partial charge < -0.3 is 5.32 Å². The Morgan fingerprint density at radius 1 is 1.17 bits per heavy atom. The molecule has 23 heavy (non-hydrogen) atoms. The molecule has 0 aliphatic carbocycles. The third kappa shape index (κ3) is 3.31. The van der Waals surface area contributed by atoms with E-state index in [0.717, 1.165) is 5.69 Å². The van der Waals surface area contributed by atoms with Crippen molar-refractivity contribution in [1.82, 2.24) is 19.6 Å². The topological polar surface area (TPSA) is 64.7 Å². The number of carbonyl (C=O) groups excluding carboxylic acids is 1. The van der Waals surface area contributed by atoms with Crippen molar-refractivity contribution in [1.29, 1.82) is 0 Å². The lowest BCUT2D eigenvalue weighted by atomic mass is 10.1. The zero-order valence-electron chi connectivity index (χ0n) is 13.4. The van der Waals surface area contributed by atoms with E-state index in [9.17, 15) is 4.79 Å². The second-order valence-corrected chi connectivity index (χ2v) is 5.57. The van der Waals surface area contributed by atoms with Crippen molar-refractivity contribution in [3.05, 3.63) is 65.1 Å². The fraction of sp³-hybridized carbons (Fsp3) is 0.235. The normalized spacial score (nSPS) is 10.7. The van der Waals surface area contributed by atoms with Crippen molar-refractivity contribution in [3.8, 4) is 0 Å². The first-order chi connectivity index (χ1) is 11.0. The maximum Gasteiger partial charge on any atom is 0.275 e. The predicted octanol–water partition coefficient (Wildman–Crippen LogP) is 2.53. The molecule has 3 aromatic rings. The number of benzene rings is 1. The van der Waals surface area contributed by atoms with Crippen LogP contribution in [0, 0.1) is 13.8 Å². The van der Waals surface area contributed by atoms with Gasteiger partial charge in [0.15, 0.2) is 5.82 Å². The molecule has 1 aromatic carbocycles. The van der Waals surface area contributed by atoms with Crippen molar-refractivity contribution in [2.45, 2.75) is 20.4 Å². The Labute approximate surface area is 134 Å². The van der Waals surface area contributed by atoms with Crippen LogP contribution in [0.2, 0.25) is 0 Å². The molecule has 3 rings (SSSR count). The van der Waals surface area contributed by atoms with Crippen LogP contribution in [0.1, 0.15) is 27.3 Å². The van der Waals surface area contributed by atoms with Gasteiger partial charge in [-0.15, -0.1) is 0 Å². The SMILES string of the molecule is Cc1cc(C(=O)Nc2ccn(Cc3ccccc3C)n2)n(C)n1. The van der Waals surface area contributed by atoms with E-state index >= 15 is 0 Å². The molecule has 2 heterocycles. The molecular formula is C17H19N5O. The zero-order valence-corrected chi connectivity index (χ0v) is 13.4. The van der Waals surface area contributed by atoms with Gasteiger partial charge in [0.2, 0.25) is 0 Å². The summed E-state index contributed by atoms with van der Waals surface area (Å²) in [6.45, 7) is 4.60. The molecule has 0 fully saturated rings. The summed E-state index contributed by atoms with van der Waals surface area (Å²) in [4.78, 5) is 12.2. The fourth-order valence-electron chi connectivity index (χ4n) is 2.48. The molecule has 0 aliphatic heterocycles. The average Bonchev–Trinajstić information content (AvgIpc) is 3.07. The summed E-state index contributed by atoms with van der Waals surface area (Å²) < 4.78 is 3.38. The number of carbonyl (C=O) groups is 1. The van der Waals surface area contributed by atoms with E-state index < -0.39 is 0 Å². The lowest BCUT2D eigenvalue weighted by Crippen LogP contribution is -2.16. The van der Waals surface area contributed by atoms with E-state index in [0.29, 0.717) is 18.1 Å². The van der Waals surface area contributed by atoms with Gasteiger partial charge in [0.1, 0.15) is 5.69 Å². The Balaban J connectivity index is 1.71. The molecule has 0 saturated heterocycles. The number of nitrogens with zero attached hydrogens (tertiary/aromatic N) is 4. The quantitative estimate of drug-likeness (QED) is 0.805. The van der Waals surface area contributed by atoms with Crippen molar-refractivity contribution < 1.29 is 4.79 Å². The van der Waals surface area contributed by atoms with Gasteiger partial charge in [0.25, 0.3) is 5.91 Å². The van der Waals surface area contributed by atoms with E-state index in [1.807, 2.05) is 29.9 Å². The summed E-state index contributed by atoms with van der Waals surface area (Å²) in [6.07, 6.45) is 1.86. The van der Waals surface area contributed by atoms with Gasteiger partial charge in [0.05, 0.1) is 12.2 Å². The van der Waals surface area contributed by atoms with E-state index in [2.05, 4.69) is 34.6 Å². The third-order valence-electron chi connectivity index (χ3n) is 3.71. The summed E-state index contributed by atoms with van der Waals surface area (Å²) in [5.74, 6) is 0.316. The molecule has 118 valence electrons. The minimum atomic E-state index is -0.214. The van der Waals surface area contributed by atoms with Gasteiger partial charge in [-0.25, -0.2) is 0 Å². The molecular weight excluding hydrogens is 290 g/mol. The van der Waals surface area contributed by atoms with Gasteiger partial charge in [-0.2, -0.15) is 10.2 Å². The first-order valence-electron chi connectivity index (χ1n) is 7.43. The molecule has 0 bridgehead atoms. The van der Waals surface area contributed by atoms with E-state index in [4.69, 9.17) is 0 Å². The minimum Gasteiger partial charge on any atom is -0.304 e. The highest BCUT2D eigenvalue weighted by Crippen LogP contribution is 2.11. The molecule has 6 nitrogen and oxygen atoms in total. The number of aromatic nitrogens is 4. The second kappa shape index (κ2) is 6.08. The summed E-state index contributed by atoms with van der Waals surface area (Å²) in [6, 6.07) is 11.7. The molecule has 0 saturated carbocycles. The smallest absolute Gasteiger partial charge is 0.275 e. The Kier molecular flexibility index (Phi) is 3.97. The summed E-state index contributed by atoms with van der Waals surface area (Å²) in [5, 5.41) is 11.4. The molecule has 1 N–H and O–H groups in total. The highest BCUT2D eigenvalue weighted by Gasteiger charge is 2.13. The van der Waals surface area contributed by atoms with Crippen LogP contribution < -0.4 is 5.32 Å². The second-order valence-electron chi connectivity index (χ2n) is 5.57. The predicted molar refractivity (Wildman–Crippen MR) is 88.4 cm³/mol. The van der Waals surface area contributed by atoms with Crippen LogP contribution in [0.15, 0.2) is 42.6 Å². The Bertz CT molecular complexity index is 846. The maximum atomic E-state index is 12.2. The number of aryl methyl sites for hydroxylation is 3. The first kappa shape index (κ1) is 15.0. The standard InChI is InChI=1S/C17H19N5O/c1-12-6-4-5-7-14(12)11-22-9-8-16(20-22)18-17(23)15-10-13(2)19-21(15)3/h4-10H,11H2,1-3H3,(H,18,20,23). The molecule has 0 aliphatic rings. The molecule has 6 heteroatoms. The molecule has 0 unspecified atom stereocenters. The van der Waals surface area contributed by atoms with Crippen LogP contribution in [-0.4, -0.2) is 25.5 Å². The lowest BCUT2D eigenvalue weighted by Gasteiger charge is -2.05. The number of nitrogens with one attached hydrogen (secondary N) is 1. The number of amides is 1. The molecule has 1 amide bonds. The van der Waals surface area contributed by atoms with Crippen LogP contribution in [0.25, 0.3) is 0 Å². The van der Waals surface area contributed by atoms with Gasteiger partial charge in [-0.05, 0) is 31.0 Å². The minimum absolute atomic E-state index is 0.214. The Hall–Kier alpha value is -2.89. The maximum absolute atomic E-state index is 12.2. The van der Waals surface area contributed by atoms with Crippen molar-refractivity contribution in [2.24, 2.45) is 7.05 Å². The van der Waals surface area contributed by atoms with Crippen molar-refractivity contribution in [3.63, 3.8) is 0 Å². The van der Waals surface area contributed by atoms with Gasteiger partial charge >= 0.3 is 0 Å². The lowest BCUT2D eigenvalue weighted by molar-refractivity contribution is 0.101. The van der Waals surface area contributed by atoms with Crippen LogP contribution in [0.4, 0.5) is 5.82 Å². The van der Waals surface area contributed by atoms with Crippen LogP contribution in [0.5, 0.6) is 0 Å². The van der Waals surface area contributed by atoms with Gasteiger partial charge in [0, 0.05) is 19.3 Å². The molecule has 0 spiro atoms. The van der Waals surface area contributed by atoms with Crippen molar-refractivity contribution in [2.75, 3.05) is 5.32 Å². The largest absolute Gasteiger partial charge is 0.304 e. The van der Waals surface area contributed by atoms with E-state index in [1.54, 1.807) is 23.9 Å². The molecule has 0 atom stereocenters. The first-order valence-corrected chi connectivity index (χ1v) is 7.43. The Morgan fingerprint density at radius 2 is 1.96 bits per heavy atom. The third-order valence-corrected chi connectivity index (χ3v) is 3.71. The van der Waals surface area contributed by atoms with Crippen LogP contribution >= 0.6 is 0 Å². The summed E-state index contributed by atoms with van der Waals surface area (Å²) in [5.41, 5.74) is 3.74. The fourth-order valence-corrected chi connectivity index (χ4v) is 2.48. The summed E-state index contributed by atoms with van der Waals surface area (Å²) in [7, 11) is 1.75. The van der Waals surface area contributed by atoms with Crippen LogP contribution in [0.3, 0.4) is 0 Å². The molecule has 2 aromatic heterocycles. The highest BCUT2D eigenvalue weighted by atomic mass is 16.2. The van der Waals surface area contributed by atoms with E-state index in [-0.39, 0.29) is 5.91 Å². The number of anilines is 1. The number of hydrogen-bond acceptors (Lipinski definition) is 3. The van der Waals surface area contributed by atoms with Gasteiger partial charge in [-0.3, -0.25) is 14.2 Å². The number of hydrogen-bond donors (Lipinski definition) is 1. The highest BCUT2D eigenvalue weighted by molar-refractivity contribution is 6.02. The van der Waals surface area contributed by atoms with Gasteiger partial charge in [-0.1, -0.05) is 24.3 Å². The Morgan fingerprint density at radius 3 is 2.65 bits per heavy atom. The number of rotatable bonds is 4. The molecule has 0 radical (unpaired) electrons. The zero-order chi connectivity index (χ0) is 16.4. The average molecular weight is 309 g/mol. The van der Waals surface area contributed by atoms with Crippen molar-refractivity contribution >= 4 is 11.7 Å². The van der Waals surface area contributed by atoms with Crippen LogP contribution in [-0.2, 0) is 13.6 Å².